The summed E-state index contributed by atoms with van der Waals surface area (Å²) < 4.78 is 0. The molecule has 0 amide bonds. The highest BCUT2D eigenvalue weighted by molar-refractivity contribution is 5.81. The topological polar surface area (TPSA) is 93.1 Å². The first kappa shape index (κ1) is 10.8. The molecule has 0 fully saturated rings. The summed E-state index contributed by atoms with van der Waals surface area (Å²) in [5, 5.41) is 0. The van der Waals surface area contributed by atoms with Crippen LogP contribution in [0.4, 0.5) is 23.0 Å². The van der Waals surface area contributed by atoms with E-state index in [9.17, 15) is 0 Å². The van der Waals surface area contributed by atoms with Crippen molar-refractivity contribution >= 4 is 23.0 Å². The number of benzene rings is 1. The van der Waals surface area contributed by atoms with Crippen molar-refractivity contribution in [3.8, 4) is 0 Å². The fraction of sp³-hybridized carbons (Fsp3) is 0.167. The maximum atomic E-state index is 6.02. The SMILES string of the molecule is NNc1ncnc(N2CCc3ccccc32)c1N. The smallest absolute Gasteiger partial charge is 0.168 e. The zero-order chi connectivity index (χ0) is 12.5. The molecule has 0 unspecified atom stereocenters. The van der Waals surface area contributed by atoms with Crippen LogP contribution in [0.1, 0.15) is 5.56 Å². The van der Waals surface area contributed by atoms with Gasteiger partial charge in [0.05, 0.1) is 0 Å². The average molecular weight is 242 g/mol. The second kappa shape index (κ2) is 4.15. The second-order valence-electron chi connectivity index (χ2n) is 4.13. The van der Waals surface area contributed by atoms with Gasteiger partial charge in [-0.1, -0.05) is 18.2 Å². The predicted molar refractivity (Wildman–Crippen MR) is 71.4 cm³/mol. The summed E-state index contributed by atoms with van der Waals surface area (Å²) in [5.41, 5.74) is 11.4. The normalized spacial score (nSPS) is 13.5. The van der Waals surface area contributed by atoms with Crippen LogP contribution in [0.25, 0.3) is 0 Å². The van der Waals surface area contributed by atoms with Crippen molar-refractivity contribution in [2.75, 3.05) is 22.6 Å². The van der Waals surface area contributed by atoms with Crippen LogP contribution in [0, 0.1) is 0 Å². The van der Waals surface area contributed by atoms with Crippen LogP contribution in [0.15, 0.2) is 30.6 Å². The standard InChI is InChI=1S/C12H14N6/c13-10-11(17-14)15-7-16-12(10)18-6-5-8-3-1-2-4-9(8)18/h1-4,7H,5-6,13-14H2,(H,15,16,17). The summed E-state index contributed by atoms with van der Waals surface area (Å²) >= 11 is 0. The number of nitrogens with one attached hydrogen (secondary N) is 1. The van der Waals surface area contributed by atoms with Gasteiger partial charge >= 0.3 is 0 Å². The van der Waals surface area contributed by atoms with Gasteiger partial charge in [0.15, 0.2) is 11.6 Å². The van der Waals surface area contributed by atoms with Crippen LogP contribution in [0.5, 0.6) is 0 Å². The van der Waals surface area contributed by atoms with E-state index in [1.165, 1.54) is 11.9 Å². The Morgan fingerprint density at radius 3 is 2.89 bits per heavy atom. The largest absolute Gasteiger partial charge is 0.393 e. The molecule has 0 spiro atoms. The summed E-state index contributed by atoms with van der Waals surface area (Å²) in [6.07, 6.45) is 2.45. The van der Waals surface area contributed by atoms with Crippen molar-refractivity contribution in [1.29, 1.82) is 0 Å². The molecular weight excluding hydrogens is 228 g/mol. The maximum Gasteiger partial charge on any atom is 0.168 e. The summed E-state index contributed by atoms with van der Waals surface area (Å²) in [4.78, 5) is 10.3. The third-order valence-corrected chi connectivity index (χ3v) is 3.14. The molecule has 0 saturated heterocycles. The number of aromatic nitrogens is 2. The molecular formula is C12H14N6. The molecule has 1 aliphatic heterocycles. The third kappa shape index (κ3) is 1.54. The highest BCUT2D eigenvalue weighted by atomic mass is 15.3. The fourth-order valence-corrected chi connectivity index (χ4v) is 2.27. The van der Waals surface area contributed by atoms with Crippen molar-refractivity contribution in [3.05, 3.63) is 36.2 Å². The van der Waals surface area contributed by atoms with Gasteiger partial charge in [-0.05, 0) is 18.1 Å². The Balaban J connectivity index is 2.08. The van der Waals surface area contributed by atoms with Gasteiger partial charge in [0.1, 0.15) is 12.0 Å². The van der Waals surface area contributed by atoms with Gasteiger partial charge in [-0.2, -0.15) is 0 Å². The highest BCUT2D eigenvalue weighted by Gasteiger charge is 2.23. The third-order valence-electron chi connectivity index (χ3n) is 3.14. The molecule has 6 heteroatoms. The van der Waals surface area contributed by atoms with Gasteiger partial charge in [-0.15, -0.1) is 0 Å². The number of hydrogen-bond acceptors (Lipinski definition) is 6. The first-order valence-corrected chi connectivity index (χ1v) is 5.74. The van der Waals surface area contributed by atoms with Gasteiger partial charge < -0.3 is 16.1 Å². The van der Waals surface area contributed by atoms with Crippen LogP contribution in [0.2, 0.25) is 0 Å². The molecule has 1 aromatic carbocycles. The quantitative estimate of drug-likeness (QED) is 0.538. The number of nitrogens with two attached hydrogens (primary N) is 2. The van der Waals surface area contributed by atoms with E-state index in [1.54, 1.807) is 0 Å². The van der Waals surface area contributed by atoms with E-state index in [0.29, 0.717) is 17.3 Å². The average Bonchev–Trinajstić information content (AvgIpc) is 2.83. The molecule has 5 N–H and O–H groups in total. The van der Waals surface area contributed by atoms with Gasteiger partial charge in [0, 0.05) is 12.2 Å². The zero-order valence-electron chi connectivity index (χ0n) is 9.80. The first-order chi connectivity index (χ1) is 8.81. The number of hydrazine groups is 1. The number of nitrogens with zero attached hydrogens (tertiary/aromatic N) is 3. The lowest BCUT2D eigenvalue weighted by Gasteiger charge is -2.20. The fourth-order valence-electron chi connectivity index (χ4n) is 2.27. The summed E-state index contributed by atoms with van der Waals surface area (Å²) in [5.74, 6) is 6.52. The molecule has 6 nitrogen and oxygen atoms in total. The van der Waals surface area contributed by atoms with Gasteiger partial charge in [-0.25, -0.2) is 15.8 Å². The first-order valence-electron chi connectivity index (χ1n) is 5.74. The Bertz CT molecular complexity index is 583. The van der Waals surface area contributed by atoms with Gasteiger partial charge in [0.25, 0.3) is 0 Å². The lowest BCUT2D eigenvalue weighted by atomic mass is 10.2. The van der Waals surface area contributed by atoms with Crippen molar-refractivity contribution in [1.82, 2.24) is 9.97 Å². The van der Waals surface area contributed by atoms with Crippen LogP contribution < -0.4 is 21.9 Å². The van der Waals surface area contributed by atoms with E-state index in [1.807, 2.05) is 12.1 Å². The van der Waals surface area contributed by atoms with Crippen LogP contribution in [-0.2, 0) is 6.42 Å². The Morgan fingerprint density at radius 2 is 2.06 bits per heavy atom. The van der Waals surface area contributed by atoms with E-state index < -0.39 is 0 Å². The molecule has 92 valence electrons. The van der Waals surface area contributed by atoms with E-state index in [-0.39, 0.29) is 0 Å². The molecule has 3 rings (SSSR count). The van der Waals surface area contributed by atoms with Crippen LogP contribution in [-0.4, -0.2) is 16.5 Å². The van der Waals surface area contributed by atoms with Crippen molar-refractivity contribution in [3.63, 3.8) is 0 Å². The molecule has 18 heavy (non-hydrogen) atoms. The minimum absolute atomic E-state index is 0.449. The van der Waals surface area contributed by atoms with Crippen molar-refractivity contribution in [2.45, 2.75) is 6.42 Å². The molecule has 0 radical (unpaired) electrons. The minimum Gasteiger partial charge on any atom is -0.393 e. The molecule has 0 atom stereocenters. The lowest BCUT2D eigenvalue weighted by Crippen LogP contribution is -2.19. The van der Waals surface area contributed by atoms with Crippen molar-refractivity contribution < 1.29 is 0 Å². The summed E-state index contributed by atoms with van der Waals surface area (Å²) in [6, 6.07) is 8.24. The zero-order valence-corrected chi connectivity index (χ0v) is 9.80. The molecule has 2 aromatic rings. The molecule has 0 bridgehead atoms. The molecule has 1 aromatic heterocycles. The number of hydrogen-bond donors (Lipinski definition) is 3. The number of rotatable bonds is 2. The predicted octanol–water partition coefficient (Wildman–Crippen LogP) is 1.04. The Labute approximate surface area is 105 Å². The van der Waals surface area contributed by atoms with Crippen LogP contribution in [0.3, 0.4) is 0 Å². The Kier molecular flexibility index (Phi) is 2.49. The van der Waals surface area contributed by atoms with E-state index in [0.717, 1.165) is 18.7 Å². The van der Waals surface area contributed by atoms with Gasteiger partial charge in [-0.3, -0.25) is 0 Å². The summed E-state index contributed by atoms with van der Waals surface area (Å²) in [7, 11) is 0. The summed E-state index contributed by atoms with van der Waals surface area (Å²) in [6.45, 7) is 0.866. The number of anilines is 4. The highest BCUT2D eigenvalue weighted by Crippen LogP contribution is 2.37. The number of nitrogen functional groups attached to an aromatic ring is 2. The van der Waals surface area contributed by atoms with Gasteiger partial charge in [0.2, 0.25) is 0 Å². The molecule has 1 aliphatic rings. The van der Waals surface area contributed by atoms with E-state index in [4.69, 9.17) is 11.6 Å². The second-order valence-corrected chi connectivity index (χ2v) is 4.13. The number of fused-ring (bicyclic) bond motifs is 1. The maximum absolute atomic E-state index is 6.02. The van der Waals surface area contributed by atoms with Crippen LogP contribution >= 0.6 is 0 Å². The Hall–Kier alpha value is -2.34. The Morgan fingerprint density at radius 1 is 1.22 bits per heavy atom. The molecule has 0 aliphatic carbocycles. The number of para-hydroxylation sites is 1. The van der Waals surface area contributed by atoms with Crippen molar-refractivity contribution in [2.24, 2.45) is 5.84 Å². The minimum atomic E-state index is 0.449. The lowest BCUT2D eigenvalue weighted by molar-refractivity contribution is 0.966. The molecule has 0 saturated carbocycles. The van der Waals surface area contributed by atoms with E-state index >= 15 is 0 Å². The molecule has 2 heterocycles. The monoisotopic (exact) mass is 242 g/mol. The van der Waals surface area contributed by atoms with E-state index in [2.05, 4.69) is 32.4 Å².